The third kappa shape index (κ3) is 15.4. The predicted molar refractivity (Wildman–Crippen MR) is 612 cm³/mol. The van der Waals surface area contributed by atoms with Crippen LogP contribution in [-0.4, -0.2) is 58.6 Å². The van der Waals surface area contributed by atoms with Crippen LogP contribution in [0, 0.1) is 0 Å². The Morgan fingerprint density at radius 2 is 0.419 bits per heavy atom. The molecule has 0 atom stereocenters. The number of thiophene rings is 2. The SMILES string of the molecule is C=C(C)c1ccc(-c2nc(-c3cccc(-n4c5ccccc5c5ccccc54)c3)nc(-c3ccc4c(c3)sc3ccccc34)n2)cc1.c1cc(-c2cccc(-n3c4ccccc4c4ccccc43)c2)cc(-c2nc(-c3ccc4c(c3)oc3ccccc34)nc(-c3ccc4c(c3)oc3ccccc34)n2)c1.c1ccc(-c2nc(-c3cccc(-n4c5ccccc5c5ccccc54)c3)nc(-c3ccc4c(c3)sc3ccccc34)n2)cc1. The number of furan rings is 2. The molecule has 0 radical (unpaired) electrons. The molecule has 0 aliphatic carbocycles. The van der Waals surface area contributed by atoms with Gasteiger partial charge >= 0.3 is 0 Å². The summed E-state index contributed by atoms with van der Waals surface area (Å²) in [6.07, 6.45) is 0. The zero-order chi connectivity index (χ0) is 98.0. The molecule has 0 aliphatic heterocycles. The van der Waals surface area contributed by atoms with E-state index in [0.717, 1.165) is 144 Å². The summed E-state index contributed by atoms with van der Waals surface area (Å²) in [6.45, 7) is 6.12. The van der Waals surface area contributed by atoms with E-state index in [-0.39, 0.29) is 0 Å². The molecule has 0 bridgehead atoms. The van der Waals surface area contributed by atoms with Gasteiger partial charge in [-0.15, -0.1) is 22.7 Å². The molecule has 20 aromatic carbocycles. The van der Waals surface area contributed by atoms with Gasteiger partial charge in [-0.05, 0) is 163 Å². The molecule has 14 nitrogen and oxygen atoms in total. The Kier molecular flexibility index (Phi) is 21.0. The molecule has 694 valence electrons. The summed E-state index contributed by atoms with van der Waals surface area (Å²) in [5, 5.41) is 16.7. The van der Waals surface area contributed by atoms with E-state index in [1.807, 2.05) is 85.8 Å². The summed E-state index contributed by atoms with van der Waals surface area (Å²) in [7, 11) is 0. The number of aromatic nitrogens is 12. The highest BCUT2D eigenvalue weighted by Crippen LogP contribution is 2.45. The van der Waals surface area contributed by atoms with Gasteiger partial charge in [-0.3, -0.25) is 0 Å². The van der Waals surface area contributed by atoms with Crippen molar-refractivity contribution in [2.24, 2.45) is 0 Å². The fourth-order valence-corrected chi connectivity index (χ4v) is 23.4. The van der Waals surface area contributed by atoms with Crippen molar-refractivity contribution in [1.82, 2.24) is 58.6 Å². The van der Waals surface area contributed by atoms with Crippen molar-refractivity contribution in [3.63, 3.8) is 0 Å². The Labute approximate surface area is 855 Å². The normalized spacial score (nSPS) is 11.7. The first-order valence-corrected chi connectivity index (χ1v) is 50.9. The fraction of sp³-hybridized carbons (Fsp3) is 0.00758. The predicted octanol–water partition coefficient (Wildman–Crippen LogP) is 35.1. The minimum atomic E-state index is 0.556. The zero-order valence-corrected chi connectivity index (χ0v) is 81.3. The highest BCUT2D eigenvalue weighted by molar-refractivity contribution is 7.26. The van der Waals surface area contributed by atoms with E-state index < -0.39 is 0 Å². The van der Waals surface area contributed by atoms with E-state index in [9.17, 15) is 0 Å². The van der Waals surface area contributed by atoms with E-state index in [4.69, 9.17) is 53.7 Å². The molecule has 0 spiro atoms. The smallest absolute Gasteiger partial charge is 0.164 e. The fourth-order valence-electron chi connectivity index (χ4n) is 21.1. The third-order valence-corrected chi connectivity index (χ3v) is 30.4. The first-order chi connectivity index (χ1) is 73.1. The number of nitrogens with zero attached hydrogens (tertiary/aromatic N) is 12. The first-order valence-electron chi connectivity index (χ1n) is 49.3. The summed E-state index contributed by atoms with van der Waals surface area (Å²) >= 11 is 3.60. The van der Waals surface area contributed by atoms with Crippen LogP contribution < -0.4 is 0 Å². The molecule has 10 aromatic heterocycles. The number of hydrogen-bond acceptors (Lipinski definition) is 13. The minimum Gasteiger partial charge on any atom is -0.456 e. The van der Waals surface area contributed by atoms with Crippen molar-refractivity contribution in [3.05, 3.63) is 479 Å². The molecule has 30 aromatic rings. The second kappa shape index (κ2) is 35.9. The average molecular weight is 1930 g/mol. The minimum absolute atomic E-state index is 0.556. The first kappa shape index (κ1) is 86.5. The Hall–Kier alpha value is -19.4. The molecule has 0 saturated carbocycles. The monoisotopic (exact) mass is 1930 g/mol. The molecule has 16 heteroatoms. The summed E-state index contributed by atoms with van der Waals surface area (Å²) in [4.78, 5) is 45.6. The van der Waals surface area contributed by atoms with Gasteiger partial charge in [0.1, 0.15) is 22.3 Å². The van der Waals surface area contributed by atoms with Gasteiger partial charge in [0.05, 0.1) is 33.1 Å². The van der Waals surface area contributed by atoms with Crippen LogP contribution in [0.2, 0.25) is 0 Å². The summed E-state index contributed by atoms with van der Waals surface area (Å²) in [5.74, 6) is 5.57. The summed E-state index contributed by atoms with van der Waals surface area (Å²) in [6, 6.07) is 163. The standard InChI is InChI=1S/C51H30N4O2.C42H28N4S.C39H24N4S/c1-5-19-43-37(15-1)38-16-2-6-20-44(38)55(43)36-14-10-12-32(28-36)31-11-9-13-33(27-31)49-52-50(34-23-25-41-39-17-3-7-21-45(39)56-47(41)29-34)54-51(53-49)35-24-26-42-40-18-4-8-22-46(40)57-48(42)30-35;1-26(2)27-18-20-28(21-19-27)40-43-41(45-42(44-40)30-22-23-35-34-14-5-8-17-38(34)47-39(35)25-30)29-10-9-11-31(24-29)46-36-15-6-3-12-32(36)33-13-4-7-16-37(33)46;1-2-11-25(12-3-1)37-40-38(42-39(41-37)27-21-22-32-31-17-6-9-20-35(31)44-36(32)24-27)26-13-10-14-28(23-26)43-33-18-7-4-15-29(33)30-16-5-8-19-34(30)43/h1-30H;3-25H,1H2,2H3;1-24H. The molecule has 0 aliphatic rings. The lowest BCUT2D eigenvalue weighted by Crippen LogP contribution is -2.01. The second-order valence-electron chi connectivity index (χ2n) is 37.2. The zero-order valence-electron chi connectivity index (χ0n) is 79.7. The van der Waals surface area contributed by atoms with Gasteiger partial charge in [-0.2, -0.15) is 0 Å². The average Bonchev–Trinajstić information content (AvgIpc) is 1.60. The lowest BCUT2D eigenvalue weighted by atomic mass is 10.0. The van der Waals surface area contributed by atoms with Crippen molar-refractivity contribution in [3.8, 4) is 131 Å². The van der Waals surface area contributed by atoms with Crippen molar-refractivity contribution in [2.75, 3.05) is 0 Å². The molecule has 0 saturated heterocycles. The van der Waals surface area contributed by atoms with Crippen molar-refractivity contribution >= 4 is 178 Å². The largest absolute Gasteiger partial charge is 0.456 e. The number of fused-ring (bicyclic) bond motifs is 21. The molecular weight excluding hydrogens is 1850 g/mol. The Morgan fingerprint density at radius 1 is 0.182 bits per heavy atom. The topological polar surface area (TPSA) is 157 Å². The van der Waals surface area contributed by atoms with Crippen LogP contribution in [0.3, 0.4) is 0 Å². The number of hydrogen-bond donors (Lipinski definition) is 0. The van der Waals surface area contributed by atoms with Gasteiger partial charge < -0.3 is 22.5 Å². The number of benzene rings is 20. The molecule has 148 heavy (non-hydrogen) atoms. The Morgan fingerprint density at radius 3 is 0.784 bits per heavy atom. The summed E-state index contributed by atoms with van der Waals surface area (Å²) in [5.41, 5.74) is 26.0. The lowest BCUT2D eigenvalue weighted by Gasteiger charge is -2.12. The van der Waals surface area contributed by atoms with Crippen molar-refractivity contribution in [1.29, 1.82) is 0 Å². The van der Waals surface area contributed by atoms with E-state index in [1.165, 1.54) is 94.7 Å². The highest BCUT2D eigenvalue weighted by Gasteiger charge is 2.25. The van der Waals surface area contributed by atoms with E-state index in [0.29, 0.717) is 52.4 Å². The van der Waals surface area contributed by atoms with E-state index in [1.54, 1.807) is 22.7 Å². The molecule has 30 rings (SSSR count). The van der Waals surface area contributed by atoms with Crippen LogP contribution in [0.1, 0.15) is 12.5 Å². The van der Waals surface area contributed by atoms with E-state index in [2.05, 4.69) is 409 Å². The Bertz CT molecular complexity index is 10300. The van der Waals surface area contributed by atoms with Gasteiger partial charge in [-0.25, -0.2) is 44.9 Å². The van der Waals surface area contributed by atoms with Gasteiger partial charge in [0.2, 0.25) is 0 Å². The third-order valence-electron chi connectivity index (χ3n) is 28.1. The van der Waals surface area contributed by atoms with Gasteiger partial charge in [0.15, 0.2) is 52.4 Å². The van der Waals surface area contributed by atoms with Gasteiger partial charge in [0.25, 0.3) is 0 Å². The number of rotatable bonds is 14. The van der Waals surface area contributed by atoms with Crippen molar-refractivity contribution < 1.29 is 8.83 Å². The Balaban J connectivity index is 0.000000108. The second-order valence-corrected chi connectivity index (χ2v) is 39.4. The van der Waals surface area contributed by atoms with Crippen LogP contribution in [0.15, 0.2) is 483 Å². The lowest BCUT2D eigenvalue weighted by molar-refractivity contribution is 0.668. The molecule has 0 amide bonds. The van der Waals surface area contributed by atoms with Crippen LogP contribution >= 0.6 is 22.7 Å². The molecule has 0 fully saturated rings. The summed E-state index contributed by atoms with van der Waals surface area (Å²) < 4.78 is 24.6. The quantitative estimate of drug-likeness (QED) is 0.102. The number of para-hydroxylation sites is 8. The van der Waals surface area contributed by atoms with Gasteiger partial charge in [-0.1, -0.05) is 340 Å². The molecule has 10 heterocycles. The molecule has 0 unspecified atom stereocenters. The van der Waals surface area contributed by atoms with Gasteiger partial charge in [0, 0.05) is 161 Å². The maximum Gasteiger partial charge on any atom is 0.164 e. The molecular formula is C132H82N12O2S2. The maximum atomic E-state index is 6.28. The van der Waals surface area contributed by atoms with Crippen LogP contribution in [0.4, 0.5) is 0 Å². The van der Waals surface area contributed by atoms with E-state index >= 15 is 0 Å². The van der Waals surface area contributed by atoms with Crippen LogP contribution in [0.5, 0.6) is 0 Å². The van der Waals surface area contributed by atoms with Crippen LogP contribution in [-0.2, 0) is 0 Å². The number of allylic oxidation sites excluding steroid dienone is 1. The van der Waals surface area contributed by atoms with Crippen LogP contribution in [0.25, 0.3) is 286 Å². The maximum absolute atomic E-state index is 6.28. The molecule has 0 N–H and O–H groups in total. The van der Waals surface area contributed by atoms with Crippen molar-refractivity contribution in [2.45, 2.75) is 6.92 Å². The highest BCUT2D eigenvalue weighted by atomic mass is 32.1.